The van der Waals surface area contributed by atoms with Crippen molar-refractivity contribution in [3.8, 4) is 0 Å². The summed E-state index contributed by atoms with van der Waals surface area (Å²) in [5.74, 6) is 4.91. The van der Waals surface area contributed by atoms with Crippen molar-refractivity contribution in [1.82, 2.24) is 11.0 Å². The van der Waals surface area contributed by atoms with Crippen molar-refractivity contribution in [2.45, 2.75) is 13.1 Å². The monoisotopic (exact) mass is 101 g/mol. The smallest absolute Gasteiger partial charge is 0.119 e. The molecule has 42 valence electrons. The molecular formula is C3H12BN3. The third kappa shape index (κ3) is 5.94. The van der Waals surface area contributed by atoms with Crippen LogP contribution in [-0.4, -0.2) is 13.8 Å². The highest BCUT2D eigenvalue weighted by atomic mass is 15.5. The first-order valence-corrected chi connectivity index (χ1v) is 2.60. The zero-order chi connectivity index (χ0) is 5.54. The quantitative estimate of drug-likeness (QED) is 0.181. The summed E-state index contributed by atoms with van der Waals surface area (Å²) in [6, 6.07) is 0. The fourth-order valence-corrected chi connectivity index (χ4v) is 0.337. The van der Waals surface area contributed by atoms with Crippen molar-refractivity contribution in [2.75, 3.05) is 6.54 Å². The van der Waals surface area contributed by atoms with Crippen LogP contribution in [-0.2, 0) is 0 Å². The molecule has 0 saturated heterocycles. The summed E-state index contributed by atoms with van der Waals surface area (Å²) in [6.45, 7) is 3.09. The van der Waals surface area contributed by atoms with Crippen LogP contribution in [0.15, 0.2) is 0 Å². The maximum Gasteiger partial charge on any atom is 0.119 e. The van der Waals surface area contributed by atoms with Crippen LogP contribution < -0.4 is 16.8 Å². The summed E-state index contributed by atoms with van der Waals surface area (Å²) in [6.07, 6.45) is 1.17. The van der Waals surface area contributed by atoms with E-state index in [0.29, 0.717) is 0 Å². The minimum absolute atomic E-state index is 0.951. The molecule has 0 aromatic carbocycles. The summed E-state index contributed by atoms with van der Waals surface area (Å²) in [5, 5.41) is 0. The molecule has 0 bridgehead atoms. The lowest BCUT2D eigenvalue weighted by Crippen LogP contribution is -2.38. The second kappa shape index (κ2) is 5.94. The summed E-state index contributed by atoms with van der Waals surface area (Å²) in [7, 11) is 1.20. The zero-order valence-electron chi connectivity index (χ0n) is 4.70. The number of hydrazine groups is 2. The van der Waals surface area contributed by atoms with Gasteiger partial charge in [-0.3, -0.25) is 5.84 Å². The van der Waals surface area contributed by atoms with Crippen molar-refractivity contribution in [3.63, 3.8) is 0 Å². The molecule has 7 heavy (non-hydrogen) atoms. The van der Waals surface area contributed by atoms with E-state index >= 15 is 0 Å². The van der Waals surface area contributed by atoms with Gasteiger partial charge in [0.05, 0.1) is 0 Å². The van der Waals surface area contributed by atoms with Crippen LogP contribution in [0.1, 0.15) is 0 Å². The minimum Gasteiger partial charge on any atom is -0.258 e. The highest BCUT2D eigenvalue weighted by Gasteiger charge is 1.79. The lowest BCUT2D eigenvalue weighted by molar-refractivity contribution is 0.575. The van der Waals surface area contributed by atoms with E-state index in [0.717, 1.165) is 6.54 Å². The Morgan fingerprint density at radius 1 is 1.71 bits per heavy atom. The van der Waals surface area contributed by atoms with Gasteiger partial charge in [0.2, 0.25) is 0 Å². The molecule has 0 aliphatic rings. The summed E-state index contributed by atoms with van der Waals surface area (Å²) in [4.78, 5) is 0. The summed E-state index contributed by atoms with van der Waals surface area (Å²) < 4.78 is 0. The number of rotatable bonds is 4. The molecule has 0 fully saturated rings. The zero-order valence-corrected chi connectivity index (χ0v) is 4.70. The van der Waals surface area contributed by atoms with Crippen molar-refractivity contribution < 1.29 is 0 Å². The molecule has 0 atom stereocenters. The van der Waals surface area contributed by atoms with Crippen LogP contribution in [0.4, 0.5) is 0 Å². The first-order valence-electron chi connectivity index (χ1n) is 2.60. The molecule has 0 unspecified atom stereocenters. The van der Waals surface area contributed by atoms with Gasteiger partial charge < -0.3 is 0 Å². The van der Waals surface area contributed by atoms with Gasteiger partial charge in [-0.2, -0.15) is 5.53 Å². The molecule has 0 aromatic heterocycles. The van der Waals surface area contributed by atoms with Gasteiger partial charge in [-0.25, -0.2) is 5.43 Å². The Kier molecular flexibility index (Phi) is 5.90. The van der Waals surface area contributed by atoms with E-state index in [1.54, 1.807) is 0 Å². The molecule has 0 aliphatic carbocycles. The SMILES string of the molecule is CBCCNNN. The van der Waals surface area contributed by atoms with Crippen LogP contribution in [0, 0.1) is 0 Å². The molecule has 0 amide bonds. The van der Waals surface area contributed by atoms with Gasteiger partial charge in [-0.05, 0) is 0 Å². The molecule has 0 radical (unpaired) electrons. The first kappa shape index (κ1) is 6.94. The Labute approximate surface area is 44.8 Å². The molecule has 4 N–H and O–H groups in total. The molecule has 0 rings (SSSR count). The largest absolute Gasteiger partial charge is 0.258 e. The molecule has 0 aromatic rings. The van der Waals surface area contributed by atoms with E-state index in [1.807, 2.05) is 0 Å². The highest BCUT2D eigenvalue weighted by Crippen LogP contribution is 1.68. The van der Waals surface area contributed by atoms with Gasteiger partial charge in [-0.1, -0.05) is 13.1 Å². The van der Waals surface area contributed by atoms with E-state index < -0.39 is 0 Å². The highest BCUT2D eigenvalue weighted by molar-refractivity contribution is 6.33. The van der Waals surface area contributed by atoms with Gasteiger partial charge in [0.15, 0.2) is 0 Å². The molecule has 4 heteroatoms. The number of hydrogen-bond acceptors (Lipinski definition) is 3. The number of hydrogen-bond donors (Lipinski definition) is 3. The van der Waals surface area contributed by atoms with Crippen LogP contribution in [0.3, 0.4) is 0 Å². The average Bonchev–Trinajstić information content (AvgIpc) is 1.69. The Balaban J connectivity index is 2.45. The van der Waals surface area contributed by atoms with Crippen LogP contribution >= 0.6 is 0 Å². The second-order valence-corrected chi connectivity index (χ2v) is 1.42. The van der Waals surface area contributed by atoms with Gasteiger partial charge in [0.1, 0.15) is 7.28 Å². The molecule has 0 aliphatic heterocycles. The van der Waals surface area contributed by atoms with Crippen LogP contribution in [0.5, 0.6) is 0 Å². The van der Waals surface area contributed by atoms with E-state index in [1.165, 1.54) is 13.6 Å². The standard InChI is InChI=1S/C3H12BN3/c1-4-2-3-6-7-5/h4,6-7H,2-3,5H2,1H3. The Morgan fingerprint density at radius 3 is 2.86 bits per heavy atom. The predicted molar refractivity (Wildman–Crippen MR) is 33.1 cm³/mol. The Hall–Kier alpha value is -0.0551. The fraction of sp³-hybridized carbons (Fsp3) is 1.00. The van der Waals surface area contributed by atoms with Crippen LogP contribution in [0.25, 0.3) is 0 Å². The third-order valence-corrected chi connectivity index (χ3v) is 0.757. The molecule has 0 saturated carbocycles. The number of nitrogens with one attached hydrogen (secondary N) is 2. The van der Waals surface area contributed by atoms with Gasteiger partial charge in [0.25, 0.3) is 0 Å². The maximum absolute atomic E-state index is 4.91. The van der Waals surface area contributed by atoms with E-state index in [2.05, 4.69) is 17.8 Å². The van der Waals surface area contributed by atoms with Crippen molar-refractivity contribution in [3.05, 3.63) is 0 Å². The minimum atomic E-state index is 0.951. The average molecular weight is 101 g/mol. The summed E-state index contributed by atoms with van der Waals surface area (Å²) in [5.41, 5.74) is 5.13. The molecule has 3 nitrogen and oxygen atoms in total. The van der Waals surface area contributed by atoms with Crippen molar-refractivity contribution >= 4 is 7.28 Å². The van der Waals surface area contributed by atoms with Gasteiger partial charge in [0, 0.05) is 6.54 Å². The van der Waals surface area contributed by atoms with Crippen molar-refractivity contribution in [2.24, 2.45) is 5.84 Å². The summed E-state index contributed by atoms with van der Waals surface area (Å²) >= 11 is 0. The van der Waals surface area contributed by atoms with Crippen molar-refractivity contribution in [1.29, 1.82) is 0 Å². The predicted octanol–water partition coefficient (Wildman–Crippen LogP) is -1.14. The van der Waals surface area contributed by atoms with E-state index in [-0.39, 0.29) is 0 Å². The van der Waals surface area contributed by atoms with E-state index in [9.17, 15) is 0 Å². The number of nitrogens with two attached hydrogens (primary N) is 1. The molecule has 0 heterocycles. The fourth-order valence-electron chi connectivity index (χ4n) is 0.337. The Morgan fingerprint density at radius 2 is 2.43 bits per heavy atom. The maximum atomic E-state index is 4.91. The van der Waals surface area contributed by atoms with Gasteiger partial charge >= 0.3 is 0 Å². The molecule has 0 spiro atoms. The van der Waals surface area contributed by atoms with E-state index in [4.69, 9.17) is 5.84 Å². The lowest BCUT2D eigenvalue weighted by atomic mass is 9.78. The van der Waals surface area contributed by atoms with Crippen LogP contribution in [0.2, 0.25) is 13.1 Å². The topological polar surface area (TPSA) is 50.1 Å². The second-order valence-electron chi connectivity index (χ2n) is 1.42. The Bertz CT molecular complexity index is 29.4. The normalized spacial score (nSPS) is 8.86. The molecular weight excluding hydrogens is 88.9 g/mol. The van der Waals surface area contributed by atoms with Gasteiger partial charge in [-0.15, -0.1) is 0 Å². The first-order chi connectivity index (χ1) is 3.41. The lowest BCUT2D eigenvalue weighted by Gasteiger charge is -1.96. The third-order valence-electron chi connectivity index (χ3n) is 0.757.